The van der Waals surface area contributed by atoms with Crippen LogP contribution < -0.4 is 20.7 Å². The number of para-hydroxylation sites is 1. The molecule has 5 rings (SSSR count). The van der Waals surface area contributed by atoms with Crippen molar-refractivity contribution in [1.29, 1.82) is 0 Å². The van der Waals surface area contributed by atoms with Crippen LogP contribution in [0.5, 0.6) is 5.75 Å². The number of carbonyl (C=O) groups is 2. The smallest absolute Gasteiger partial charge is 0.262 e. The molecule has 15 nitrogen and oxygen atoms in total. The highest BCUT2D eigenvalue weighted by Crippen LogP contribution is 2.34. The van der Waals surface area contributed by atoms with E-state index in [2.05, 4.69) is 40.9 Å². The monoisotopic (exact) mass is 592 g/mol. The number of hydrogen-bond donors (Lipinski definition) is 4. The highest BCUT2D eigenvalue weighted by atomic mass is 35.5. The van der Waals surface area contributed by atoms with Gasteiger partial charge in [-0.05, 0) is 35.9 Å². The molecule has 1 aliphatic rings. The molecule has 0 unspecified atom stereocenters. The summed E-state index contributed by atoms with van der Waals surface area (Å²) in [6.07, 6.45) is -0.979. The Morgan fingerprint density at radius 1 is 1.21 bits per heavy atom. The molecule has 0 aliphatic carbocycles. The number of nitrogens with one attached hydrogen (secondary N) is 3. The summed E-state index contributed by atoms with van der Waals surface area (Å²) in [5, 5.41) is 23.2. The molecule has 4 aromatic rings. The van der Waals surface area contributed by atoms with E-state index in [0.29, 0.717) is 39.0 Å². The number of benzene rings is 2. The maximum atomic E-state index is 12.4. The number of hydrogen-bond acceptors (Lipinski definition) is 10. The number of ether oxygens (including phenoxy) is 2. The molecule has 1 aliphatic heterocycles. The van der Waals surface area contributed by atoms with Crippen molar-refractivity contribution >= 4 is 46.1 Å². The number of likely N-dealkylation sites (N-methyl/N-ethyl adjacent to an activating group) is 1. The molecular weight excluding hydrogens is 568 g/mol. The molecule has 0 spiro atoms. The predicted octanol–water partition coefficient (Wildman–Crippen LogP) is 2.79. The minimum Gasteiger partial charge on any atom is -0.483 e. The third kappa shape index (κ3) is 6.04. The van der Waals surface area contributed by atoms with Gasteiger partial charge in [-0.2, -0.15) is 0 Å². The van der Waals surface area contributed by atoms with Gasteiger partial charge in [0.25, 0.3) is 5.91 Å². The first-order valence-electron chi connectivity index (χ1n) is 12.7. The number of aliphatic hydroxyl groups excluding tert-OH is 1. The minimum atomic E-state index is -1.35. The number of aliphatic hydroxyl groups is 1. The van der Waals surface area contributed by atoms with Crippen LogP contribution in [0.25, 0.3) is 21.6 Å². The molecule has 16 heteroatoms. The van der Waals surface area contributed by atoms with E-state index in [4.69, 9.17) is 26.6 Å². The first-order chi connectivity index (χ1) is 20.4. The van der Waals surface area contributed by atoms with E-state index in [-0.39, 0.29) is 19.1 Å². The van der Waals surface area contributed by atoms with E-state index >= 15 is 0 Å². The van der Waals surface area contributed by atoms with Crippen molar-refractivity contribution in [2.45, 2.75) is 31.0 Å². The van der Waals surface area contributed by atoms with Crippen LogP contribution in [-0.2, 0) is 20.9 Å². The maximum Gasteiger partial charge on any atom is 0.262 e. The van der Waals surface area contributed by atoms with Crippen molar-refractivity contribution in [3.8, 4) is 5.75 Å². The molecular formula is C26H25ClN10O5. The van der Waals surface area contributed by atoms with Gasteiger partial charge < -0.3 is 30.5 Å². The van der Waals surface area contributed by atoms with Crippen molar-refractivity contribution in [2.75, 3.05) is 24.3 Å². The molecule has 4 atom stereocenters. The Morgan fingerprint density at radius 2 is 2.02 bits per heavy atom. The quantitative estimate of drug-likeness (QED) is 0.121. The number of nitrogens with zero attached hydrogens (tertiary/aromatic N) is 7. The first kappa shape index (κ1) is 28.6. The van der Waals surface area contributed by atoms with E-state index in [1.807, 2.05) is 18.2 Å². The van der Waals surface area contributed by atoms with E-state index in [0.717, 1.165) is 0 Å². The van der Waals surface area contributed by atoms with Crippen LogP contribution in [0.15, 0.2) is 66.3 Å². The summed E-state index contributed by atoms with van der Waals surface area (Å²) in [4.78, 5) is 40.3. The van der Waals surface area contributed by atoms with Crippen LogP contribution in [0.1, 0.15) is 11.8 Å². The Hall–Kier alpha value is -4.95. The van der Waals surface area contributed by atoms with Crippen LogP contribution in [0.3, 0.4) is 0 Å². The van der Waals surface area contributed by atoms with Gasteiger partial charge in [0.15, 0.2) is 29.8 Å². The molecule has 0 radical (unpaired) electrons. The Balaban J connectivity index is 1.32. The predicted molar refractivity (Wildman–Crippen MR) is 152 cm³/mol. The number of anilines is 2. The fourth-order valence-electron chi connectivity index (χ4n) is 4.47. The van der Waals surface area contributed by atoms with E-state index in [1.165, 1.54) is 24.3 Å². The molecule has 2 aromatic heterocycles. The standard InChI is InChI=1S/C26H25ClN10O5/c1-29-25(40)22-19(35-36-28)21(39)26(42-22)37-13-33-20-23(31-12-32-24(20)37)30-10-14-9-15(27)7-8-17(14)41-11-18(38)34-16-5-3-2-4-6-16/h2-9,12-13,19,21-22,26,39H,10-11H2,1H3,(H,29,40)(H,34,38)(H,30,31,32)/t19-,21+,22-,26+/m0/s1. The summed E-state index contributed by atoms with van der Waals surface area (Å²) in [5.41, 5.74) is 10.9. The van der Waals surface area contributed by atoms with E-state index in [1.54, 1.807) is 30.3 Å². The normalized spacial score (nSPS) is 19.6. The molecule has 0 saturated carbocycles. The summed E-state index contributed by atoms with van der Waals surface area (Å²) in [6, 6.07) is 12.9. The number of rotatable bonds is 10. The lowest BCUT2D eigenvalue weighted by Gasteiger charge is -2.17. The van der Waals surface area contributed by atoms with Crippen LogP contribution in [0.2, 0.25) is 5.02 Å². The zero-order valence-corrected chi connectivity index (χ0v) is 22.8. The number of aromatic nitrogens is 4. The number of halogens is 1. The number of imidazole rings is 1. The van der Waals surface area contributed by atoms with E-state index < -0.39 is 30.4 Å². The van der Waals surface area contributed by atoms with Crippen molar-refractivity contribution in [2.24, 2.45) is 5.11 Å². The largest absolute Gasteiger partial charge is 0.483 e. The maximum absolute atomic E-state index is 12.4. The first-order valence-corrected chi connectivity index (χ1v) is 13.0. The molecule has 4 N–H and O–H groups in total. The molecule has 216 valence electrons. The van der Waals surface area contributed by atoms with Crippen molar-refractivity contribution in [3.05, 3.63) is 82.2 Å². The second kappa shape index (κ2) is 12.7. The zero-order chi connectivity index (χ0) is 29.6. The highest BCUT2D eigenvalue weighted by Gasteiger charge is 2.48. The fraction of sp³-hybridized carbons (Fsp3) is 0.269. The number of amides is 2. The van der Waals surface area contributed by atoms with Crippen LogP contribution >= 0.6 is 11.6 Å². The Bertz CT molecular complexity index is 1650. The van der Waals surface area contributed by atoms with Gasteiger partial charge >= 0.3 is 0 Å². The van der Waals surface area contributed by atoms with Gasteiger partial charge in [-0.3, -0.25) is 14.2 Å². The average Bonchev–Trinajstić information content (AvgIpc) is 3.57. The summed E-state index contributed by atoms with van der Waals surface area (Å²) in [6.45, 7) is -0.0152. The Kier molecular flexibility index (Phi) is 8.64. The van der Waals surface area contributed by atoms with Gasteiger partial charge in [0.1, 0.15) is 30.3 Å². The molecule has 2 amide bonds. The summed E-state index contributed by atoms with van der Waals surface area (Å²) in [5.74, 6) is -0.0746. The molecule has 3 heterocycles. The van der Waals surface area contributed by atoms with Crippen LogP contribution in [-0.4, -0.2) is 68.3 Å². The third-order valence-corrected chi connectivity index (χ3v) is 6.68. The van der Waals surface area contributed by atoms with Gasteiger partial charge in [-0.1, -0.05) is 34.9 Å². The third-order valence-electron chi connectivity index (χ3n) is 6.45. The van der Waals surface area contributed by atoms with Crippen molar-refractivity contribution in [3.63, 3.8) is 0 Å². The second-order valence-electron chi connectivity index (χ2n) is 9.10. The molecule has 0 bridgehead atoms. The highest BCUT2D eigenvalue weighted by molar-refractivity contribution is 6.30. The fourth-order valence-corrected chi connectivity index (χ4v) is 4.67. The lowest BCUT2D eigenvalue weighted by molar-refractivity contribution is -0.134. The van der Waals surface area contributed by atoms with Gasteiger partial charge in [0, 0.05) is 34.8 Å². The number of carbonyl (C=O) groups excluding carboxylic acids is 2. The minimum absolute atomic E-state index is 0.204. The Morgan fingerprint density at radius 3 is 2.79 bits per heavy atom. The lowest BCUT2D eigenvalue weighted by Crippen LogP contribution is -2.40. The van der Waals surface area contributed by atoms with E-state index in [9.17, 15) is 14.7 Å². The second-order valence-corrected chi connectivity index (χ2v) is 9.54. The Labute approximate surface area is 243 Å². The van der Waals surface area contributed by atoms with Crippen LogP contribution in [0, 0.1) is 0 Å². The summed E-state index contributed by atoms with van der Waals surface area (Å²) in [7, 11) is 1.41. The number of fused-ring (bicyclic) bond motifs is 1. The van der Waals surface area contributed by atoms with Gasteiger partial charge in [0.2, 0.25) is 5.91 Å². The SMILES string of the molecule is CNC(=O)[C@H]1O[C@@H](n2cnc3c(NCc4cc(Cl)ccc4OCC(=O)Nc4ccccc4)ncnc32)[C@H](O)[C@@H]1N=[N+]=[N-]. The summed E-state index contributed by atoms with van der Waals surface area (Å²) >= 11 is 6.23. The molecule has 1 fully saturated rings. The van der Waals surface area contributed by atoms with Crippen molar-refractivity contribution < 1.29 is 24.2 Å². The molecule has 42 heavy (non-hydrogen) atoms. The van der Waals surface area contributed by atoms with Crippen molar-refractivity contribution in [1.82, 2.24) is 24.8 Å². The summed E-state index contributed by atoms with van der Waals surface area (Å²) < 4.78 is 13.0. The van der Waals surface area contributed by atoms with Gasteiger partial charge in [0.05, 0.1) is 6.33 Å². The average molecular weight is 593 g/mol. The number of azide groups is 1. The van der Waals surface area contributed by atoms with Crippen LogP contribution in [0.4, 0.5) is 11.5 Å². The lowest BCUT2D eigenvalue weighted by atomic mass is 10.1. The topological polar surface area (TPSA) is 201 Å². The molecule has 1 saturated heterocycles. The molecule has 2 aromatic carbocycles. The van der Waals surface area contributed by atoms with Gasteiger partial charge in [-0.15, -0.1) is 0 Å². The van der Waals surface area contributed by atoms with Gasteiger partial charge in [-0.25, -0.2) is 15.0 Å². The zero-order valence-electron chi connectivity index (χ0n) is 22.1.